The van der Waals surface area contributed by atoms with Crippen molar-refractivity contribution in [2.75, 3.05) is 0 Å². The largest absolute Gasteiger partial charge is 0.216 e. The van der Waals surface area contributed by atoms with Crippen LogP contribution in [0.3, 0.4) is 0 Å². The first-order valence-corrected chi connectivity index (χ1v) is 9.21. The van der Waals surface area contributed by atoms with Crippen molar-refractivity contribution in [2.24, 2.45) is 0 Å². The van der Waals surface area contributed by atoms with E-state index < -0.39 is 21.6 Å². The zero-order valence-corrected chi connectivity index (χ0v) is 14.4. The number of hydrogen-bond acceptors (Lipinski definition) is 5. The monoisotopic (exact) mass is 381 g/mol. The van der Waals surface area contributed by atoms with Crippen molar-refractivity contribution >= 4 is 21.6 Å². The van der Waals surface area contributed by atoms with Crippen molar-refractivity contribution in [3.8, 4) is 5.69 Å². The molecule has 3 rings (SSSR count). The van der Waals surface area contributed by atoms with E-state index in [-0.39, 0.29) is 17.1 Å². The number of tetrazole rings is 1. The van der Waals surface area contributed by atoms with Crippen LogP contribution in [0.5, 0.6) is 0 Å². The van der Waals surface area contributed by atoms with Gasteiger partial charge in [0.2, 0.25) is 10.0 Å². The fourth-order valence-corrected chi connectivity index (χ4v) is 3.41. The summed E-state index contributed by atoms with van der Waals surface area (Å²) in [5.74, 6) is -0.874. The van der Waals surface area contributed by atoms with Gasteiger partial charge in [-0.15, -0.1) is 5.10 Å². The first-order valence-electron chi connectivity index (χ1n) is 7.18. The Bertz CT molecular complexity index is 979. The smallest absolute Gasteiger partial charge is 0.212 e. The first kappa shape index (κ1) is 17.5. The minimum atomic E-state index is -3.79. The van der Waals surface area contributed by atoms with Gasteiger partial charge in [-0.05, 0) is 34.7 Å². The summed E-state index contributed by atoms with van der Waals surface area (Å²) in [7, 11) is -3.79. The highest BCUT2D eigenvalue weighted by Crippen LogP contribution is 2.16. The van der Waals surface area contributed by atoms with Gasteiger partial charge in [-0.1, -0.05) is 35.9 Å². The molecule has 0 aliphatic heterocycles. The number of nitrogens with one attached hydrogen (secondary N) is 1. The minimum Gasteiger partial charge on any atom is -0.212 e. The van der Waals surface area contributed by atoms with Crippen LogP contribution in [0.2, 0.25) is 5.02 Å². The van der Waals surface area contributed by atoms with Gasteiger partial charge < -0.3 is 0 Å². The molecule has 1 heterocycles. The summed E-state index contributed by atoms with van der Waals surface area (Å²) in [6, 6.07) is 12.9. The highest BCUT2D eigenvalue weighted by Gasteiger charge is 2.17. The van der Waals surface area contributed by atoms with Crippen molar-refractivity contribution in [3.05, 3.63) is 70.8 Å². The van der Waals surface area contributed by atoms with Gasteiger partial charge in [0.05, 0.1) is 18.0 Å². The highest BCUT2D eigenvalue weighted by molar-refractivity contribution is 7.88. The fraction of sp³-hybridized carbons (Fsp3) is 0.133. The fourth-order valence-electron chi connectivity index (χ4n) is 2.15. The Hall–Kier alpha value is -2.36. The average molecular weight is 382 g/mol. The topological polar surface area (TPSA) is 89.8 Å². The van der Waals surface area contributed by atoms with Crippen LogP contribution in [-0.4, -0.2) is 28.6 Å². The third-order valence-electron chi connectivity index (χ3n) is 3.35. The molecule has 0 spiro atoms. The van der Waals surface area contributed by atoms with Crippen molar-refractivity contribution in [3.63, 3.8) is 0 Å². The minimum absolute atomic E-state index is 0.0274. The Morgan fingerprint density at radius 1 is 1.16 bits per heavy atom. The number of nitrogens with zero attached hydrogens (tertiary/aromatic N) is 4. The van der Waals surface area contributed by atoms with E-state index in [0.29, 0.717) is 11.5 Å². The normalized spacial score (nSPS) is 11.6. The van der Waals surface area contributed by atoms with E-state index in [2.05, 4.69) is 20.2 Å². The number of rotatable bonds is 6. The standard InChI is InChI=1S/C15H13ClFN5O2S/c16-12-7-6-11(14(17)8-12)10-25(23,24)18-9-15-19-20-21-22(15)13-4-2-1-3-5-13/h1-8,18H,9-10H2. The zero-order chi connectivity index (χ0) is 17.9. The lowest BCUT2D eigenvalue weighted by Crippen LogP contribution is -2.26. The van der Waals surface area contributed by atoms with E-state index in [4.69, 9.17) is 11.6 Å². The molecule has 3 aromatic rings. The number of hydrogen-bond donors (Lipinski definition) is 1. The molecule has 0 unspecified atom stereocenters. The molecule has 0 bridgehead atoms. The van der Waals surface area contributed by atoms with Gasteiger partial charge in [-0.25, -0.2) is 17.5 Å². The zero-order valence-electron chi connectivity index (χ0n) is 12.8. The molecule has 0 fully saturated rings. The third-order valence-corrected chi connectivity index (χ3v) is 4.86. The summed E-state index contributed by atoms with van der Waals surface area (Å²) >= 11 is 5.66. The molecule has 10 heteroatoms. The number of sulfonamides is 1. The van der Waals surface area contributed by atoms with Gasteiger partial charge in [-0.2, -0.15) is 4.68 Å². The number of halogens is 2. The van der Waals surface area contributed by atoms with Gasteiger partial charge in [0.15, 0.2) is 5.82 Å². The molecule has 1 N–H and O–H groups in total. The van der Waals surface area contributed by atoms with Crippen LogP contribution in [0, 0.1) is 5.82 Å². The summed E-state index contributed by atoms with van der Waals surface area (Å²) in [6.07, 6.45) is 0. The SMILES string of the molecule is O=S(=O)(Cc1ccc(Cl)cc1F)NCc1nnnn1-c1ccccc1. The summed E-state index contributed by atoms with van der Waals surface area (Å²) in [6.45, 7) is -0.126. The molecule has 0 aliphatic rings. The van der Waals surface area contributed by atoms with Crippen LogP contribution in [0.15, 0.2) is 48.5 Å². The average Bonchev–Trinajstić information content (AvgIpc) is 3.05. The maximum atomic E-state index is 13.8. The molecular formula is C15H13ClFN5O2S. The van der Waals surface area contributed by atoms with E-state index in [1.165, 1.54) is 16.8 Å². The predicted molar refractivity (Wildman–Crippen MR) is 90.0 cm³/mol. The molecule has 2 aromatic carbocycles. The molecule has 0 saturated carbocycles. The molecule has 25 heavy (non-hydrogen) atoms. The van der Waals surface area contributed by atoms with Gasteiger partial charge in [-0.3, -0.25) is 0 Å². The highest BCUT2D eigenvalue weighted by atomic mass is 35.5. The van der Waals surface area contributed by atoms with E-state index in [9.17, 15) is 12.8 Å². The molecule has 0 saturated heterocycles. The Morgan fingerprint density at radius 3 is 2.64 bits per heavy atom. The van der Waals surface area contributed by atoms with Crippen LogP contribution in [0.4, 0.5) is 4.39 Å². The molecule has 1 aromatic heterocycles. The molecule has 130 valence electrons. The van der Waals surface area contributed by atoms with E-state index in [0.717, 1.165) is 6.07 Å². The quantitative estimate of drug-likeness (QED) is 0.706. The number of benzene rings is 2. The van der Waals surface area contributed by atoms with Crippen LogP contribution < -0.4 is 4.72 Å². The van der Waals surface area contributed by atoms with Gasteiger partial charge in [0.25, 0.3) is 0 Å². The third kappa shape index (κ3) is 4.38. The Labute approximate surface area is 148 Å². The van der Waals surface area contributed by atoms with Gasteiger partial charge in [0.1, 0.15) is 5.82 Å². The molecule has 7 nitrogen and oxygen atoms in total. The maximum Gasteiger partial charge on any atom is 0.216 e. The molecule has 0 atom stereocenters. The van der Waals surface area contributed by atoms with Crippen LogP contribution >= 0.6 is 11.6 Å². The Morgan fingerprint density at radius 2 is 1.92 bits per heavy atom. The first-order chi connectivity index (χ1) is 11.9. The molecule has 0 amide bonds. The van der Waals surface area contributed by atoms with Crippen molar-refractivity contribution in [2.45, 2.75) is 12.3 Å². The number of aromatic nitrogens is 4. The van der Waals surface area contributed by atoms with E-state index >= 15 is 0 Å². The molecular weight excluding hydrogens is 369 g/mol. The second-order valence-electron chi connectivity index (χ2n) is 5.16. The van der Waals surface area contributed by atoms with Gasteiger partial charge >= 0.3 is 0 Å². The van der Waals surface area contributed by atoms with Crippen LogP contribution in [0.1, 0.15) is 11.4 Å². The van der Waals surface area contributed by atoms with E-state index in [1.807, 2.05) is 18.2 Å². The summed E-state index contributed by atoms with van der Waals surface area (Å²) < 4.78 is 41.9. The van der Waals surface area contributed by atoms with Crippen molar-refractivity contribution in [1.29, 1.82) is 0 Å². The summed E-state index contributed by atoms with van der Waals surface area (Å²) in [5, 5.41) is 11.4. The maximum absolute atomic E-state index is 13.8. The number of para-hydroxylation sites is 1. The van der Waals surface area contributed by atoms with Crippen molar-refractivity contribution in [1.82, 2.24) is 24.9 Å². The second-order valence-corrected chi connectivity index (χ2v) is 7.40. The molecule has 0 aliphatic carbocycles. The lowest BCUT2D eigenvalue weighted by Gasteiger charge is -2.08. The summed E-state index contributed by atoms with van der Waals surface area (Å²) in [5.41, 5.74) is 0.727. The Balaban J connectivity index is 1.72. The van der Waals surface area contributed by atoms with Crippen LogP contribution in [-0.2, 0) is 22.3 Å². The molecule has 0 radical (unpaired) electrons. The van der Waals surface area contributed by atoms with Crippen molar-refractivity contribution < 1.29 is 12.8 Å². The second kappa shape index (κ2) is 7.26. The summed E-state index contributed by atoms with van der Waals surface area (Å²) in [4.78, 5) is 0. The lowest BCUT2D eigenvalue weighted by molar-refractivity contribution is 0.571. The van der Waals surface area contributed by atoms with Crippen LogP contribution in [0.25, 0.3) is 5.69 Å². The predicted octanol–water partition coefficient (Wildman–Crippen LogP) is 2.07. The van der Waals surface area contributed by atoms with Gasteiger partial charge in [0, 0.05) is 10.6 Å². The van der Waals surface area contributed by atoms with E-state index in [1.54, 1.807) is 12.1 Å². The Kier molecular flexibility index (Phi) is 5.07. The lowest BCUT2D eigenvalue weighted by atomic mass is 10.2.